The Morgan fingerprint density at radius 1 is 0.677 bits per heavy atom. The van der Waals surface area contributed by atoms with Crippen LogP contribution in [0.4, 0.5) is 0 Å². The summed E-state index contributed by atoms with van der Waals surface area (Å²) in [5.41, 5.74) is 5.25. The summed E-state index contributed by atoms with van der Waals surface area (Å²) >= 11 is 3.85. The van der Waals surface area contributed by atoms with Gasteiger partial charge in [-0.3, -0.25) is 0 Å². The van der Waals surface area contributed by atoms with Crippen LogP contribution in [-0.2, 0) is 12.8 Å². The molecule has 0 saturated carbocycles. The Morgan fingerprint density at radius 2 is 1.26 bits per heavy atom. The highest BCUT2D eigenvalue weighted by atomic mass is 79.9. The largest absolute Gasteiger partial charge is 0.497 e. The average molecular weight is 488 g/mol. The van der Waals surface area contributed by atoms with E-state index in [1.54, 1.807) is 14.2 Å². The molecular weight excluding hydrogens is 448 g/mol. The summed E-state index contributed by atoms with van der Waals surface area (Å²) < 4.78 is 12.1. The molecule has 0 spiro atoms. The van der Waals surface area contributed by atoms with Crippen LogP contribution in [0.25, 0.3) is 12.2 Å². The molecule has 0 aromatic heterocycles. The van der Waals surface area contributed by atoms with Gasteiger partial charge < -0.3 is 9.47 Å². The number of aryl methyl sites for hydroxylation is 2. The lowest BCUT2D eigenvalue weighted by Crippen LogP contribution is -1.96. The van der Waals surface area contributed by atoms with E-state index in [0.29, 0.717) is 0 Å². The minimum atomic E-state index is 0.811. The van der Waals surface area contributed by atoms with Gasteiger partial charge in [0, 0.05) is 10.5 Å². The Hall–Kier alpha value is -1.74. The zero-order valence-electron chi connectivity index (χ0n) is 19.8. The Bertz CT molecular complexity index is 804. The van der Waals surface area contributed by atoms with E-state index in [0.717, 1.165) is 29.9 Å². The van der Waals surface area contributed by atoms with Crippen LogP contribution in [0, 0.1) is 0 Å². The molecule has 0 heterocycles. The number of hydrogen-bond donors (Lipinski definition) is 0. The van der Waals surface area contributed by atoms with E-state index in [9.17, 15) is 0 Å². The quantitative estimate of drug-likeness (QED) is 0.196. The van der Waals surface area contributed by atoms with Gasteiger partial charge in [-0.05, 0) is 66.1 Å². The van der Waals surface area contributed by atoms with E-state index in [2.05, 4.69) is 54.1 Å². The van der Waals surface area contributed by atoms with E-state index in [4.69, 9.17) is 9.47 Å². The van der Waals surface area contributed by atoms with Gasteiger partial charge in [-0.1, -0.05) is 86.5 Å². The molecule has 0 bridgehead atoms. The van der Waals surface area contributed by atoms with E-state index in [1.807, 2.05) is 18.2 Å². The molecule has 0 atom stereocenters. The predicted octanol–water partition coefficient (Wildman–Crippen LogP) is 8.88. The second-order valence-corrected chi connectivity index (χ2v) is 9.10. The number of unbranched alkanes of at least 4 members (excludes halogenated alkanes) is 6. The Labute approximate surface area is 198 Å². The van der Waals surface area contributed by atoms with Crippen LogP contribution in [0.5, 0.6) is 11.5 Å². The molecular formula is C28H39BrO2. The summed E-state index contributed by atoms with van der Waals surface area (Å²) in [5, 5.41) is 0. The molecule has 0 N–H and O–H groups in total. The van der Waals surface area contributed by atoms with Crippen LogP contribution in [0.3, 0.4) is 0 Å². The maximum atomic E-state index is 5.43. The van der Waals surface area contributed by atoms with Crippen LogP contribution in [0.2, 0.25) is 0 Å². The molecule has 0 saturated heterocycles. The standard InChI is InChI=1S/C28H39BrO2/c1-5-7-9-11-13-23-20-28(29)25(14-12-10-8-6-2)19-24(23)16-15-22-17-26(30-3)21-27(18-22)31-4/h15-21H,5-14H2,1-4H3/b16-15+. The highest BCUT2D eigenvalue weighted by molar-refractivity contribution is 9.10. The fourth-order valence-corrected chi connectivity index (χ4v) is 4.43. The fraction of sp³-hybridized carbons (Fsp3) is 0.500. The number of ether oxygens (including phenoxy) is 2. The normalized spacial score (nSPS) is 11.3. The SMILES string of the molecule is CCCCCCc1cc(/C=C/c2cc(OC)cc(OC)c2)c(CCCCCC)cc1Br. The highest BCUT2D eigenvalue weighted by Gasteiger charge is 2.08. The first-order valence-corrected chi connectivity index (χ1v) is 12.6. The number of benzene rings is 2. The number of halogens is 1. The van der Waals surface area contributed by atoms with Crippen molar-refractivity contribution in [3.63, 3.8) is 0 Å². The third-order valence-corrected chi connectivity index (χ3v) is 6.47. The first kappa shape index (κ1) is 25.5. The smallest absolute Gasteiger partial charge is 0.123 e. The summed E-state index contributed by atoms with van der Waals surface area (Å²) in [5.74, 6) is 1.62. The lowest BCUT2D eigenvalue weighted by atomic mass is 9.95. The van der Waals surface area contributed by atoms with Crippen molar-refractivity contribution in [2.45, 2.75) is 78.1 Å². The molecule has 31 heavy (non-hydrogen) atoms. The van der Waals surface area contributed by atoms with E-state index < -0.39 is 0 Å². The van der Waals surface area contributed by atoms with Gasteiger partial charge in [0.1, 0.15) is 11.5 Å². The molecule has 0 unspecified atom stereocenters. The summed E-state index contributed by atoms with van der Waals surface area (Å²) in [6, 6.07) is 10.7. The Morgan fingerprint density at radius 3 is 1.81 bits per heavy atom. The third-order valence-electron chi connectivity index (χ3n) is 5.74. The minimum absolute atomic E-state index is 0.811. The van der Waals surface area contributed by atoms with E-state index in [-0.39, 0.29) is 0 Å². The molecule has 0 amide bonds. The maximum absolute atomic E-state index is 5.43. The first-order chi connectivity index (χ1) is 15.1. The molecule has 3 heteroatoms. The van der Waals surface area contributed by atoms with Crippen LogP contribution in [0.15, 0.2) is 34.8 Å². The van der Waals surface area contributed by atoms with E-state index >= 15 is 0 Å². The molecule has 170 valence electrons. The van der Waals surface area contributed by atoms with Crippen molar-refractivity contribution in [1.29, 1.82) is 0 Å². The van der Waals surface area contributed by atoms with E-state index in [1.165, 1.54) is 72.5 Å². The zero-order valence-corrected chi connectivity index (χ0v) is 21.4. The molecule has 2 aromatic rings. The summed E-state index contributed by atoms with van der Waals surface area (Å²) in [4.78, 5) is 0. The topological polar surface area (TPSA) is 18.5 Å². The molecule has 2 rings (SSSR count). The van der Waals surface area contributed by atoms with Crippen LogP contribution >= 0.6 is 15.9 Å². The molecule has 0 aliphatic carbocycles. The van der Waals surface area contributed by atoms with Gasteiger partial charge in [-0.2, -0.15) is 0 Å². The lowest BCUT2D eigenvalue weighted by molar-refractivity contribution is 0.394. The van der Waals surface area contributed by atoms with Crippen molar-refractivity contribution in [3.05, 3.63) is 57.1 Å². The average Bonchev–Trinajstić information content (AvgIpc) is 2.79. The van der Waals surface area contributed by atoms with Gasteiger partial charge in [-0.15, -0.1) is 0 Å². The zero-order chi connectivity index (χ0) is 22.5. The van der Waals surface area contributed by atoms with Crippen molar-refractivity contribution >= 4 is 28.1 Å². The van der Waals surface area contributed by atoms with Gasteiger partial charge in [0.15, 0.2) is 0 Å². The van der Waals surface area contributed by atoms with Gasteiger partial charge in [0.05, 0.1) is 14.2 Å². The van der Waals surface area contributed by atoms with Crippen molar-refractivity contribution in [1.82, 2.24) is 0 Å². The Balaban J connectivity index is 2.28. The van der Waals surface area contributed by atoms with Crippen LogP contribution in [0.1, 0.15) is 87.5 Å². The lowest BCUT2D eigenvalue weighted by Gasteiger charge is -2.13. The summed E-state index contributed by atoms with van der Waals surface area (Å²) in [6.07, 6.45) is 16.9. The number of hydrogen-bond acceptors (Lipinski definition) is 2. The first-order valence-electron chi connectivity index (χ1n) is 11.8. The Kier molecular flexibility index (Phi) is 11.8. The summed E-state index contributed by atoms with van der Waals surface area (Å²) in [6.45, 7) is 4.53. The third kappa shape index (κ3) is 8.73. The fourth-order valence-electron chi connectivity index (χ4n) is 3.84. The highest BCUT2D eigenvalue weighted by Crippen LogP contribution is 2.28. The second kappa shape index (κ2) is 14.3. The van der Waals surface area contributed by atoms with Gasteiger partial charge >= 0.3 is 0 Å². The molecule has 0 fully saturated rings. The number of methoxy groups -OCH3 is 2. The molecule has 0 radical (unpaired) electrons. The molecule has 0 aliphatic heterocycles. The molecule has 2 aromatic carbocycles. The maximum Gasteiger partial charge on any atom is 0.123 e. The van der Waals surface area contributed by atoms with Crippen molar-refractivity contribution in [2.24, 2.45) is 0 Å². The van der Waals surface area contributed by atoms with Gasteiger partial charge in [0.25, 0.3) is 0 Å². The predicted molar refractivity (Wildman–Crippen MR) is 138 cm³/mol. The van der Waals surface area contributed by atoms with Gasteiger partial charge in [-0.25, -0.2) is 0 Å². The van der Waals surface area contributed by atoms with Crippen LogP contribution < -0.4 is 9.47 Å². The molecule has 2 nitrogen and oxygen atoms in total. The van der Waals surface area contributed by atoms with Gasteiger partial charge in [0.2, 0.25) is 0 Å². The van der Waals surface area contributed by atoms with Crippen molar-refractivity contribution in [2.75, 3.05) is 14.2 Å². The number of rotatable bonds is 14. The van der Waals surface area contributed by atoms with Crippen LogP contribution in [-0.4, -0.2) is 14.2 Å². The molecule has 0 aliphatic rings. The minimum Gasteiger partial charge on any atom is -0.497 e. The second-order valence-electron chi connectivity index (χ2n) is 8.24. The van der Waals surface area contributed by atoms with Crippen molar-refractivity contribution in [3.8, 4) is 11.5 Å². The van der Waals surface area contributed by atoms with Crippen molar-refractivity contribution < 1.29 is 9.47 Å². The monoisotopic (exact) mass is 486 g/mol. The summed E-state index contributed by atoms with van der Waals surface area (Å²) in [7, 11) is 3.38.